The normalized spacial score (nSPS) is 30.0. The van der Waals surface area contributed by atoms with Crippen LogP contribution in [0, 0.1) is 24.7 Å². The minimum absolute atomic E-state index is 0.0712. The van der Waals surface area contributed by atoms with E-state index < -0.39 is 11.9 Å². The SMILES string of the molecule is COC(=O)c1sc(NC(=S)NC23CC4CC(CC(C4)C2)C3)c(C(=O)OC)c1C. The van der Waals surface area contributed by atoms with Gasteiger partial charge in [-0.15, -0.1) is 11.3 Å². The molecule has 0 unspecified atom stereocenters. The summed E-state index contributed by atoms with van der Waals surface area (Å²) >= 11 is 6.79. The van der Waals surface area contributed by atoms with E-state index in [1.165, 1.54) is 64.1 Å². The molecule has 4 fully saturated rings. The lowest BCUT2D eigenvalue weighted by atomic mass is 9.53. The van der Waals surface area contributed by atoms with Crippen LogP contribution >= 0.6 is 23.6 Å². The molecule has 0 radical (unpaired) electrons. The van der Waals surface area contributed by atoms with Gasteiger partial charge in [-0.05, 0) is 81.0 Å². The summed E-state index contributed by atoms with van der Waals surface area (Å²) in [5.74, 6) is 1.45. The van der Waals surface area contributed by atoms with E-state index in [0.717, 1.165) is 17.8 Å². The highest BCUT2D eigenvalue weighted by atomic mass is 32.1. The van der Waals surface area contributed by atoms with Crippen LogP contribution in [0.15, 0.2) is 0 Å². The Morgan fingerprint density at radius 1 is 1.04 bits per heavy atom. The lowest BCUT2D eigenvalue weighted by molar-refractivity contribution is -0.00972. The Labute approximate surface area is 174 Å². The molecule has 1 heterocycles. The molecule has 0 amide bonds. The molecule has 4 aliphatic carbocycles. The number of nitrogens with one attached hydrogen (secondary N) is 2. The number of methoxy groups -OCH3 is 2. The summed E-state index contributed by atoms with van der Waals surface area (Å²) in [7, 11) is 2.65. The van der Waals surface area contributed by atoms with E-state index in [1.54, 1.807) is 6.92 Å². The third-order valence-electron chi connectivity index (χ3n) is 6.55. The molecule has 4 bridgehead atoms. The predicted octanol–water partition coefficient (Wildman–Crippen LogP) is 3.88. The van der Waals surface area contributed by atoms with E-state index in [-0.39, 0.29) is 5.54 Å². The summed E-state index contributed by atoms with van der Waals surface area (Å²) < 4.78 is 9.75. The summed E-state index contributed by atoms with van der Waals surface area (Å²) in [5, 5.41) is 7.78. The monoisotopic (exact) mass is 422 g/mol. The number of carbonyl (C=O) groups excluding carboxylic acids is 2. The number of ether oxygens (including phenoxy) is 2. The zero-order chi connectivity index (χ0) is 20.1. The van der Waals surface area contributed by atoms with Crippen LogP contribution < -0.4 is 10.6 Å². The predicted molar refractivity (Wildman–Crippen MR) is 112 cm³/mol. The molecular weight excluding hydrogens is 396 g/mol. The van der Waals surface area contributed by atoms with Crippen molar-refractivity contribution in [1.82, 2.24) is 5.32 Å². The summed E-state index contributed by atoms with van der Waals surface area (Å²) in [6, 6.07) is 0. The van der Waals surface area contributed by atoms with E-state index >= 15 is 0 Å². The number of rotatable bonds is 4. The first-order valence-electron chi connectivity index (χ1n) is 9.73. The molecule has 152 valence electrons. The third kappa shape index (κ3) is 3.41. The minimum Gasteiger partial charge on any atom is -0.465 e. The van der Waals surface area contributed by atoms with Crippen LogP contribution in [-0.4, -0.2) is 36.8 Å². The van der Waals surface area contributed by atoms with Crippen LogP contribution in [0.5, 0.6) is 0 Å². The fraction of sp³-hybridized carbons (Fsp3) is 0.650. The Bertz CT molecular complexity index is 797. The van der Waals surface area contributed by atoms with Gasteiger partial charge in [0.1, 0.15) is 9.88 Å². The molecule has 6 nitrogen and oxygen atoms in total. The Balaban J connectivity index is 1.54. The molecule has 2 N–H and O–H groups in total. The number of hydrogen-bond donors (Lipinski definition) is 2. The Morgan fingerprint density at radius 2 is 1.57 bits per heavy atom. The Morgan fingerprint density at radius 3 is 2.07 bits per heavy atom. The highest BCUT2D eigenvalue weighted by Gasteiger charge is 2.51. The molecule has 0 saturated heterocycles. The van der Waals surface area contributed by atoms with Crippen molar-refractivity contribution in [3.05, 3.63) is 16.0 Å². The number of anilines is 1. The first-order chi connectivity index (χ1) is 13.3. The van der Waals surface area contributed by atoms with Gasteiger partial charge in [0.25, 0.3) is 0 Å². The van der Waals surface area contributed by atoms with E-state index in [2.05, 4.69) is 10.6 Å². The standard InChI is InChI=1S/C20H26N2O4S2/c1-10-14(17(23)25-2)16(28-15(10)18(24)26-3)21-19(27)22-20-7-11-4-12(8-20)6-13(5-11)9-20/h11-13H,4-9H2,1-3H3,(H2,21,22,27). The van der Waals surface area contributed by atoms with Crippen molar-refractivity contribution in [2.45, 2.75) is 51.0 Å². The summed E-state index contributed by atoms with van der Waals surface area (Å²) in [5.41, 5.74) is 0.952. The number of thiophene rings is 1. The number of carbonyl (C=O) groups is 2. The lowest BCUT2D eigenvalue weighted by Crippen LogP contribution is -2.60. The summed E-state index contributed by atoms with van der Waals surface area (Å²) in [4.78, 5) is 24.7. The van der Waals surface area contributed by atoms with E-state index in [1.807, 2.05) is 0 Å². The van der Waals surface area contributed by atoms with Crippen LogP contribution in [0.3, 0.4) is 0 Å². The third-order valence-corrected chi connectivity index (χ3v) is 7.94. The van der Waals surface area contributed by atoms with Gasteiger partial charge >= 0.3 is 11.9 Å². The lowest BCUT2D eigenvalue weighted by Gasteiger charge is -2.57. The van der Waals surface area contributed by atoms with Crippen molar-refractivity contribution in [1.29, 1.82) is 0 Å². The molecule has 0 aromatic carbocycles. The number of esters is 2. The molecule has 8 heteroatoms. The van der Waals surface area contributed by atoms with E-state index in [9.17, 15) is 9.59 Å². The first-order valence-corrected chi connectivity index (χ1v) is 11.0. The van der Waals surface area contributed by atoms with Gasteiger partial charge < -0.3 is 20.1 Å². The maximum absolute atomic E-state index is 12.3. The van der Waals surface area contributed by atoms with Crippen molar-refractivity contribution in [2.24, 2.45) is 17.8 Å². The van der Waals surface area contributed by atoms with Crippen molar-refractivity contribution in [3.63, 3.8) is 0 Å². The minimum atomic E-state index is -0.496. The smallest absolute Gasteiger partial charge is 0.348 e. The first kappa shape index (κ1) is 19.6. The second-order valence-electron chi connectivity index (χ2n) is 8.52. The van der Waals surface area contributed by atoms with Gasteiger partial charge in [0.2, 0.25) is 0 Å². The molecule has 0 spiro atoms. The van der Waals surface area contributed by atoms with Gasteiger partial charge in [0.05, 0.1) is 19.8 Å². The van der Waals surface area contributed by atoms with E-state index in [0.29, 0.717) is 26.1 Å². The maximum atomic E-state index is 12.3. The van der Waals surface area contributed by atoms with Crippen LogP contribution in [-0.2, 0) is 9.47 Å². The number of thiocarbonyl (C=S) groups is 1. The van der Waals surface area contributed by atoms with E-state index in [4.69, 9.17) is 21.7 Å². The highest BCUT2D eigenvalue weighted by molar-refractivity contribution is 7.80. The Kier molecular flexibility index (Phi) is 5.12. The van der Waals surface area contributed by atoms with Crippen LogP contribution in [0.25, 0.3) is 0 Å². The Hall–Kier alpha value is -1.67. The fourth-order valence-corrected chi connectivity index (χ4v) is 7.38. The average Bonchev–Trinajstić information content (AvgIpc) is 2.94. The largest absolute Gasteiger partial charge is 0.465 e. The van der Waals surface area contributed by atoms with Crippen LogP contribution in [0.4, 0.5) is 5.00 Å². The molecular formula is C20H26N2O4S2. The molecule has 4 saturated carbocycles. The molecule has 4 aliphatic rings. The topological polar surface area (TPSA) is 76.7 Å². The molecule has 5 rings (SSSR count). The van der Waals surface area contributed by atoms with Gasteiger partial charge in [-0.1, -0.05) is 0 Å². The zero-order valence-corrected chi connectivity index (χ0v) is 18.1. The molecule has 1 aromatic heterocycles. The van der Waals surface area contributed by atoms with Crippen LogP contribution in [0.1, 0.15) is 64.1 Å². The van der Waals surface area contributed by atoms with Gasteiger partial charge in [-0.2, -0.15) is 0 Å². The van der Waals surface area contributed by atoms with Gasteiger partial charge in [-0.3, -0.25) is 0 Å². The fourth-order valence-electron chi connectivity index (χ4n) is 5.88. The molecule has 0 atom stereocenters. The second kappa shape index (κ2) is 7.30. The van der Waals surface area contributed by atoms with Crippen molar-refractivity contribution in [2.75, 3.05) is 19.5 Å². The molecule has 0 aliphatic heterocycles. The van der Waals surface area contributed by atoms with Crippen LogP contribution in [0.2, 0.25) is 0 Å². The van der Waals surface area contributed by atoms with Crippen molar-refractivity contribution in [3.8, 4) is 0 Å². The zero-order valence-electron chi connectivity index (χ0n) is 16.4. The van der Waals surface area contributed by atoms with Crippen molar-refractivity contribution >= 4 is 45.6 Å². The molecule has 28 heavy (non-hydrogen) atoms. The summed E-state index contributed by atoms with van der Waals surface area (Å²) in [6.07, 6.45) is 7.59. The van der Waals surface area contributed by atoms with Crippen molar-refractivity contribution < 1.29 is 19.1 Å². The van der Waals surface area contributed by atoms with Gasteiger partial charge in [0, 0.05) is 5.54 Å². The average molecular weight is 423 g/mol. The maximum Gasteiger partial charge on any atom is 0.348 e. The van der Waals surface area contributed by atoms with Gasteiger partial charge in [-0.25, -0.2) is 9.59 Å². The van der Waals surface area contributed by atoms with Gasteiger partial charge in [0.15, 0.2) is 5.11 Å². The summed E-state index contributed by atoms with van der Waals surface area (Å²) in [6.45, 7) is 1.72. The highest BCUT2D eigenvalue weighted by Crippen LogP contribution is 2.55. The molecule has 1 aromatic rings. The number of hydrogen-bond acceptors (Lipinski definition) is 6. The quantitative estimate of drug-likeness (QED) is 0.563. The second-order valence-corrected chi connectivity index (χ2v) is 9.95.